The summed E-state index contributed by atoms with van der Waals surface area (Å²) in [5.74, 6) is 7.28. The Morgan fingerprint density at radius 3 is 3.07 bits per heavy atom. The van der Waals surface area contributed by atoms with Crippen LogP contribution >= 0.6 is 0 Å². The van der Waals surface area contributed by atoms with Gasteiger partial charge in [0.05, 0.1) is 6.61 Å². The van der Waals surface area contributed by atoms with Crippen molar-refractivity contribution in [3.05, 3.63) is 30.1 Å². The molecular weight excluding hydrogens is 192 g/mol. The third-order valence-corrected chi connectivity index (χ3v) is 2.53. The van der Waals surface area contributed by atoms with Crippen LogP contribution in [0.1, 0.15) is 24.7 Å². The van der Waals surface area contributed by atoms with Crippen LogP contribution in [0.4, 0.5) is 0 Å². The van der Waals surface area contributed by atoms with E-state index < -0.39 is 0 Å². The van der Waals surface area contributed by atoms with Crippen molar-refractivity contribution < 1.29 is 4.74 Å². The Morgan fingerprint density at radius 2 is 2.53 bits per heavy atom. The Kier molecular flexibility index (Phi) is 3.03. The molecule has 5 nitrogen and oxygen atoms in total. The van der Waals surface area contributed by atoms with Crippen molar-refractivity contribution in [1.82, 2.24) is 15.0 Å². The summed E-state index contributed by atoms with van der Waals surface area (Å²) in [5, 5.41) is 0. The van der Waals surface area contributed by atoms with E-state index in [1.807, 2.05) is 17.8 Å². The molecular formula is C10H16N4O. The molecule has 0 radical (unpaired) electrons. The van der Waals surface area contributed by atoms with Gasteiger partial charge in [-0.05, 0) is 18.9 Å². The van der Waals surface area contributed by atoms with E-state index in [1.54, 1.807) is 6.20 Å². The Bertz CT molecular complexity index is 358. The van der Waals surface area contributed by atoms with E-state index in [2.05, 4.69) is 16.5 Å². The fourth-order valence-electron chi connectivity index (χ4n) is 1.72. The summed E-state index contributed by atoms with van der Waals surface area (Å²) in [7, 11) is 1.94. The third-order valence-electron chi connectivity index (χ3n) is 2.53. The first kappa shape index (κ1) is 10.2. The predicted molar refractivity (Wildman–Crippen MR) is 56.5 cm³/mol. The number of nitrogens with zero attached hydrogens (tertiary/aromatic N) is 2. The molecule has 1 aliphatic heterocycles. The number of imidazole rings is 1. The minimum Gasteiger partial charge on any atom is -0.496 e. The Morgan fingerprint density at radius 1 is 1.67 bits per heavy atom. The van der Waals surface area contributed by atoms with E-state index in [4.69, 9.17) is 10.6 Å². The summed E-state index contributed by atoms with van der Waals surface area (Å²) < 4.78 is 7.51. The lowest BCUT2D eigenvalue weighted by molar-refractivity contribution is 0.165. The largest absolute Gasteiger partial charge is 0.496 e. The topological polar surface area (TPSA) is 65.1 Å². The molecule has 0 saturated heterocycles. The summed E-state index contributed by atoms with van der Waals surface area (Å²) in [5.41, 5.74) is 2.74. The quantitative estimate of drug-likeness (QED) is 0.564. The number of nitrogens with one attached hydrogen (secondary N) is 1. The second-order valence-corrected chi connectivity index (χ2v) is 3.59. The van der Waals surface area contributed by atoms with Crippen molar-refractivity contribution in [3.8, 4) is 0 Å². The van der Waals surface area contributed by atoms with Crippen molar-refractivity contribution in [2.75, 3.05) is 6.61 Å². The lowest BCUT2D eigenvalue weighted by atomic mass is 10.1. The first-order valence-electron chi connectivity index (χ1n) is 5.09. The van der Waals surface area contributed by atoms with Gasteiger partial charge >= 0.3 is 0 Å². The summed E-state index contributed by atoms with van der Waals surface area (Å²) >= 11 is 0. The fraction of sp³-hybridized carbons (Fsp3) is 0.500. The molecule has 0 spiro atoms. The smallest absolute Gasteiger partial charge is 0.136 e. The van der Waals surface area contributed by atoms with Crippen molar-refractivity contribution in [2.24, 2.45) is 12.9 Å². The molecule has 0 saturated carbocycles. The molecule has 0 fully saturated rings. The number of rotatable bonds is 3. The lowest BCUT2D eigenvalue weighted by Crippen LogP contribution is -2.32. The van der Waals surface area contributed by atoms with E-state index in [9.17, 15) is 0 Å². The molecule has 1 aromatic heterocycles. The maximum absolute atomic E-state index is 5.58. The van der Waals surface area contributed by atoms with Crippen LogP contribution in [-0.4, -0.2) is 16.2 Å². The van der Waals surface area contributed by atoms with Gasteiger partial charge in [0.2, 0.25) is 0 Å². The zero-order valence-corrected chi connectivity index (χ0v) is 8.81. The SMILES string of the molecule is Cn1ccnc1C(NN)C1=CCCCO1. The molecule has 3 N–H and O–H groups in total. The van der Waals surface area contributed by atoms with Crippen LogP contribution in [0.2, 0.25) is 0 Å². The van der Waals surface area contributed by atoms with Gasteiger partial charge in [0.1, 0.15) is 17.6 Å². The number of allylic oxidation sites excluding steroid dienone is 1. The van der Waals surface area contributed by atoms with Gasteiger partial charge in [-0.2, -0.15) is 0 Å². The third kappa shape index (κ3) is 2.03. The molecule has 1 atom stereocenters. The van der Waals surface area contributed by atoms with Crippen LogP contribution in [0.5, 0.6) is 0 Å². The molecule has 1 unspecified atom stereocenters. The lowest BCUT2D eigenvalue weighted by Gasteiger charge is -2.22. The number of ether oxygens (including phenoxy) is 1. The first-order chi connectivity index (χ1) is 7.33. The van der Waals surface area contributed by atoms with Gasteiger partial charge in [-0.3, -0.25) is 5.84 Å². The van der Waals surface area contributed by atoms with Crippen molar-refractivity contribution in [3.63, 3.8) is 0 Å². The average Bonchev–Trinajstić information content (AvgIpc) is 2.68. The molecule has 15 heavy (non-hydrogen) atoms. The number of hydrogen-bond donors (Lipinski definition) is 2. The average molecular weight is 208 g/mol. The van der Waals surface area contributed by atoms with Gasteiger partial charge in [-0.1, -0.05) is 0 Å². The van der Waals surface area contributed by atoms with Gasteiger partial charge < -0.3 is 9.30 Å². The minimum atomic E-state index is -0.148. The molecule has 2 rings (SSSR count). The van der Waals surface area contributed by atoms with Crippen LogP contribution in [0.3, 0.4) is 0 Å². The highest BCUT2D eigenvalue weighted by atomic mass is 16.5. The summed E-state index contributed by atoms with van der Waals surface area (Å²) in [6.45, 7) is 0.758. The van der Waals surface area contributed by atoms with E-state index in [0.29, 0.717) is 0 Å². The standard InChI is InChI=1S/C10H16N4O/c1-14-6-5-12-10(14)9(13-11)8-4-2-3-7-15-8/h4-6,9,13H,2-3,7,11H2,1H3. The number of hydrazine groups is 1. The highest BCUT2D eigenvalue weighted by Gasteiger charge is 2.21. The van der Waals surface area contributed by atoms with E-state index >= 15 is 0 Å². The molecule has 1 aliphatic rings. The van der Waals surface area contributed by atoms with Gasteiger partial charge in [-0.25, -0.2) is 10.4 Å². The zero-order valence-electron chi connectivity index (χ0n) is 8.81. The number of hydrogen-bond acceptors (Lipinski definition) is 4. The van der Waals surface area contributed by atoms with Crippen LogP contribution in [0, 0.1) is 0 Å². The van der Waals surface area contributed by atoms with Crippen molar-refractivity contribution >= 4 is 0 Å². The molecule has 2 heterocycles. The number of aryl methyl sites for hydroxylation is 1. The molecule has 1 aromatic rings. The monoisotopic (exact) mass is 208 g/mol. The summed E-state index contributed by atoms with van der Waals surface area (Å²) in [6.07, 6.45) is 7.83. The maximum atomic E-state index is 5.58. The predicted octanol–water partition coefficient (Wildman–Crippen LogP) is 0.619. The van der Waals surface area contributed by atoms with Crippen molar-refractivity contribution in [1.29, 1.82) is 0 Å². The first-order valence-corrected chi connectivity index (χ1v) is 5.09. The Labute approximate surface area is 88.9 Å². The van der Waals surface area contributed by atoms with E-state index in [0.717, 1.165) is 31.0 Å². The second-order valence-electron chi connectivity index (χ2n) is 3.59. The number of aromatic nitrogens is 2. The molecule has 0 amide bonds. The number of nitrogens with two attached hydrogens (primary N) is 1. The molecule has 5 heteroatoms. The van der Waals surface area contributed by atoms with Gasteiger partial charge in [0.25, 0.3) is 0 Å². The Hall–Kier alpha value is -1.33. The molecule has 0 aliphatic carbocycles. The molecule has 0 bridgehead atoms. The summed E-state index contributed by atoms with van der Waals surface area (Å²) in [4.78, 5) is 4.26. The Balaban J connectivity index is 2.24. The highest BCUT2D eigenvalue weighted by Crippen LogP contribution is 2.23. The second kappa shape index (κ2) is 4.46. The van der Waals surface area contributed by atoms with Crippen LogP contribution in [-0.2, 0) is 11.8 Å². The van der Waals surface area contributed by atoms with Gasteiger partial charge in [-0.15, -0.1) is 0 Å². The van der Waals surface area contributed by atoms with E-state index in [1.165, 1.54) is 0 Å². The normalized spacial score (nSPS) is 18.1. The molecule has 0 aromatic carbocycles. The minimum absolute atomic E-state index is 0.148. The molecule has 82 valence electrons. The van der Waals surface area contributed by atoms with Crippen molar-refractivity contribution in [2.45, 2.75) is 18.9 Å². The van der Waals surface area contributed by atoms with Crippen LogP contribution in [0.25, 0.3) is 0 Å². The summed E-state index contributed by atoms with van der Waals surface area (Å²) in [6, 6.07) is -0.148. The maximum Gasteiger partial charge on any atom is 0.136 e. The zero-order chi connectivity index (χ0) is 10.7. The highest BCUT2D eigenvalue weighted by molar-refractivity contribution is 5.14. The van der Waals surface area contributed by atoms with Gasteiger partial charge in [0, 0.05) is 19.4 Å². The van der Waals surface area contributed by atoms with Crippen LogP contribution < -0.4 is 11.3 Å². The van der Waals surface area contributed by atoms with Gasteiger partial charge in [0.15, 0.2) is 0 Å². The fourth-order valence-corrected chi connectivity index (χ4v) is 1.72. The van der Waals surface area contributed by atoms with Crippen LogP contribution in [0.15, 0.2) is 24.2 Å². The van der Waals surface area contributed by atoms with E-state index in [-0.39, 0.29) is 6.04 Å².